The number of alkyl carbamates (subject to hydrolysis) is 1. The highest BCUT2D eigenvalue weighted by Gasteiger charge is 2.29. The van der Waals surface area contributed by atoms with Crippen LogP contribution in [0.2, 0.25) is 0 Å². The van der Waals surface area contributed by atoms with Crippen molar-refractivity contribution in [1.82, 2.24) is 5.32 Å². The van der Waals surface area contributed by atoms with E-state index in [-0.39, 0.29) is 31.0 Å². The standard InChI is InChI=1S/C45H71NO14/c1-3-5-10-38(4-2)44(47)59-36-35-58-34-33-57-32-31-56-30-29-55-28-27-54-26-25-53-24-23-52-22-21-51-20-19-50-18-17-49-16-15-46-45(48)60-37-43-41-13-8-6-11-39(41)40-12-7-9-14-42(40)43/h6-9,11-14,38,43H,3-5,10,15-37H2,1-2H3,(H,46,48). The molecule has 340 valence electrons. The molecule has 15 nitrogen and oxygen atoms in total. The largest absolute Gasteiger partial charge is 0.463 e. The lowest BCUT2D eigenvalue weighted by Gasteiger charge is -2.14. The van der Waals surface area contributed by atoms with Gasteiger partial charge in [-0.05, 0) is 35.1 Å². The van der Waals surface area contributed by atoms with Crippen LogP contribution in [0.1, 0.15) is 56.6 Å². The van der Waals surface area contributed by atoms with E-state index in [1.807, 2.05) is 31.2 Å². The lowest BCUT2D eigenvalue weighted by atomic mass is 9.98. The molecule has 0 radical (unpaired) electrons. The molecule has 2 aromatic carbocycles. The third kappa shape index (κ3) is 23.1. The van der Waals surface area contributed by atoms with Crippen LogP contribution in [0.25, 0.3) is 11.1 Å². The Bertz CT molecular complexity index is 1320. The SMILES string of the molecule is CCCCC(CC)C(=O)OCCOCCOCCOCCOCCOCCOCCOCCOCCOCCOCCNC(=O)OCC1c2ccccc2-c2ccccc21. The number of esters is 1. The molecule has 2 aromatic rings. The normalized spacial score (nSPS) is 12.6. The van der Waals surface area contributed by atoms with Gasteiger partial charge < -0.3 is 62.2 Å². The zero-order chi connectivity index (χ0) is 42.6. The summed E-state index contributed by atoms with van der Waals surface area (Å²) in [7, 11) is 0. The summed E-state index contributed by atoms with van der Waals surface area (Å²) < 4.78 is 65.9. The third-order valence-corrected chi connectivity index (χ3v) is 9.41. The van der Waals surface area contributed by atoms with Gasteiger partial charge in [0.05, 0.1) is 138 Å². The van der Waals surface area contributed by atoms with E-state index in [4.69, 9.17) is 56.8 Å². The third-order valence-electron chi connectivity index (χ3n) is 9.41. The zero-order valence-electron chi connectivity index (χ0n) is 36.1. The highest BCUT2D eigenvalue weighted by atomic mass is 16.6. The molecule has 1 amide bonds. The molecule has 0 saturated heterocycles. The molecule has 1 unspecified atom stereocenters. The fourth-order valence-electron chi connectivity index (χ4n) is 6.21. The molecule has 3 rings (SSSR count). The lowest BCUT2D eigenvalue weighted by Crippen LogP contribution is -2.29. The molecule has 0 aliphatic heterocycles. The lowest BCUT2D eigenvalue weighted by molar-refractivity contribution is -0.150. The maximum atomic E-state index is 12.3. The Balaban J connectivity index is 0.938. The molecule has 0 saturated carbocycles. The Labute approximate surface area is 357 Å². The summed E-state index contributed by atoms with van der Waals surface area (Å²) in [6.45, 7) is 14.2. The van der Waals surface area contributed by atoms with Crippen LogP contribution < -0.4 is 5.32 Å². The molecular formula is C45H71NO14. The van der Waals surface area contributed by atoms with Crippen molar-refractivity contribution in [3.05, 3.63) is 59.7 Å². The zero-order valence-corrected chi connectivity index (χ0v) is 36.1. The first-order valence-corrected chi connectivity index (χ1v) is 21.7. The van der Waals surface area contributed by atoms with Gasteiger partial charge in [0.2, 0.25) is 0 Å². The van der Waals surface area contributed by atoms with Gasteiger partial charge >= 0.3 is 12.1 Å². The van der Waals surface area contributed by atoms with Gasteiger partial charge in [-0.15, -0.1) is 0 Å². The van der Waals surface area contributed by atoms with Gasteiger partial charge in [-0.1, -0.05) is 75.2 Å². The van der Waals surface area contributed by atoms with Crippen LogP contribution in [0, 0.1) is 5.92 Å². The smallest absolute Gasteiger partial charge is 0.407 e. The Kier molecular flexibility index (Phi) is 30.2. The summed E-state index contributed by atoms with van der Waals surface area (Å²) in [6.07, 6.45) is 3.36. The number of amides is 1. The van der Waals surface area contributed by atoms with Gasteiger partial charge in [-0.2, -0.15) is 0 Å². The Hall–Kier alpha value is -3.22. The second kappa shape index (κ2) is 35.4. The van der Waals surface area contributed by atoms with Gasteiger partial charge in [0, 0.05) is 12.5 Å². The highest BCUT2D eigenvalue weighted by molar-refractivity contribution is 5.79. The van der Waals surface area contributed by atoms with Crippen molar-refractivity contribution < 1.29 is 66.4 Å². The van der Waals surface area contributed by atoms with Crippen molar-refractivity contribution in [1.29, 1.82) is 0 Å². The van der Waals surface area contributed by atoms with Crippen LogP contribution >= 0.6 is 0 Å². The quantitative estimate of drug-likeness (QED) is 0.0667. The molecule has 0 fully saturated rings. The van der Waals surface area contributed by atoms with E-state index in [1.54, 1.807) is 0 Å². The van der Waals surface area contributed by atoms with Crippen LogP contribution in [0.15, 0.2) is 48.5 Å². The maximum Gasteiger partial charge on any atom is 0.407 e. The molecule has 60 heavy (non-hydrogen) atoms. The highest BCUT2D eigenvalue weighted by Crippen LogP contribution is 2.44. The summed E-state index contributed by atoms with van der Waals surface area (Å²) in [5.41, 5.74) is 4.76. The number of nitrogens with one attached hydrogen (secondary N) is 1. The number of unbranched alkanes of at least 4 members (excludes halogenated alkanes) is 1. The fourth-order valence-corrected chi connectivity index (χ4v) is 6.21. The molecule has 0 spiro atoms. The van der Waals surface area contributed by atoms with Crippen LogP contribution in [-0.2, 0) is 61.6 Å². The molecule has 15 heteroatoms. The topological polar surface area (TPSA) is 157 Å². The average Bonchev–Trinajstić information content (AvgIpc) is 3.59. The summed E-state index contributed by atoms with van der Waals surface area (Å²) in [5, 5.41) is 2.74. The second-order valence-electron chi connectivity index (χ2n) is 13.8. The van der Waals surface area contributed by atoms with Crippen molar-refractivity contribution in [2.45, 2.75) is 45.4 Å². The Morgan fingerprint density at radius 2 is 0.867 bits per heavy atom. The van der Waals surface area contributed by atoms with Gasteiger partial charge in [0.1, 0.15) is 13.2 Å². The average molecular weight is 850 g/mol. The monoisotopic (exact) mass is 849 g/mol. The summed E-state index contributed by atoms with van der Waals surface area (Å²) >= 11 is 0. The summed E-state index contributed by atoms with van der Waals surface area (Å²) in [5.74, 6) is -0.102. The van der Waals surface area contributed by atoms with Crippen molar-refractivity contribution in [3.8, 4) is 11.1 Å². The van der Waals surface area contributed by atoms with Crippen molar-refractivity contribution in [3.63, 3.8) is 0 Å². The van der Waals surface area contributed by atoms with E-state index in [1.165, 1.54) is 22.3 Å². The number of carbonyl (C=O) groups is 2. The van der Waals surface area contributed by atoms with E-state index in [0.717, 1.165) is 25.7 Å². The summed E-state index contributed by atoms with van der Waals surface area (Å²) in [4.78, 5) is 24.3. The molecule has 1 N–H and O–H groups in total. The minimum absolute atomic E-state index is 0.0103. The number of ether oxygens (including phenoxy) is 12. The van der Waals surface area contributed by atoms with Crippen molar-refractivity contribution in [2.75, 3.05) is 152 Å². The molecular weight excluding hydrogens is 778 g/mol. The predicted molar refractivity (Wildman–Crippen MR) is 226 cm³/mol. The number of carbonyl (C=O) groups excluding carboxylic acids is 2. The second-order valence-corrected chi connectivity index (χ2v) is 13.8. The molecule has 1 aliphatic rings. The minimum Gasteiger partial charge on any atom is -0.463 e. The summed E-state index contributed by atoms with van der Waals surface area (Å²) in [6, 6.07) is 16.5. The molecule has 0 aromatic heterocycles. The minimum atomic E-state index is -0.455. The number of fused-ring (bicyclic) bond motifs is 3. The van der Waals surface area contributed by atoms with E-state index in [0.29, 0.717) is 139 Å². The van der Waals surface area contributed by atoms with E-state index >= 15 is 0 Å². The molecule has 1 atom stereocenters. The fraction of sp³-hybridized carbons (Fsp3) is 0.689. The first-order valence-electron chi connectivity index (χ1n) is 21.7. The Morgan fingerprint density at radius 1 is 0.500 bits per heavy atom. The van der Waals surface area contributed by atoms with Crippen LogP contribution in [-0.4, -0.2) is 164 Å². The van der Waals surface area contributed by atoms with E-state index < -0.39 is 6.09 Å². The molecule has 0 heterocycles. The number of benzene rings is 2. The van der Waals surface area contributed by atoms with Gasteiger partial charge in [-0.25, -0.2) is 4.79 Å². The van der Waals surface area contributed by atoms with Crippen LogP contribution in [0.5, 0.6) is 0 Å². The Morgan fingerprint density at radius 3 is 1.25 bits per heavy atom. The van der Waals surface area contributed by atoms with Gasteiger partial charge in [0.15, 0.2) is 0 Å². The van der Waals surface area contributed by atoms with Gasteiger partial charge in [-0.3, -0.25) is 4.79 Å². The first-order chi connectivity index (χ1) is 29.7. The maximum absolute atomic E-state index is 12.3. The number of hydrogen-bond donors (Lipinski definition) is 1. The predicted octanol–water partition coefficient (Wildman–Crippen LogP) is 5.45. The first kappa shape index (κ1) is 51.1. The van der Waals surface area contributed by atoms with Crippen LogP contribution in [0.3, 0.4) is 0 Å². The van der Waals surface area contributed by atoms with E-state index in [2.05, 4.69) is 36.5 Å². The van der Waals surface area contributed by atoms with Gasteiger partial charge in [0.25, 0.3) is 0 Å². The molecule has 0 bridgehead atoms. The number of rotatable bonds is 40. The van der Waals surface area contributed by atoms with Crippen LogP contribution in [0.4, 0.5) is 4.79 Å². The van der Waals surface area contributed by atoms with E-state index in [9.17, 15) is 9.59 Å². The number of hydrogen-bond acceptors (Lipinski definition) is 14. The molecule has 1 aliphatic carbocycles. The van der Waals surface area contributed by atoms with Crippen molar-refractivity contribution in [2.24, 2.45) is 5.92 Å². The van der Waals surface area contributed by atoms with Crippen molar-refractivity contribution >= 4 is 12.1 Å².